The van der Waals surface area contributed by atoms with Crippen LogP contribution in [-0.2, 0) is 9.84 Å². The highest BCUT2D eigenvalue weighted by atomic mass is 79.9. The standard InChI is InChI=1S/C17H15Br2N7O2S/c18-13-15(20)26-16(22-17(13)25-3-5-29(27,28)6-4-25)11(8-21-26)9-1-2-10-12(7-9)23-24-14(10)19/h1-2,7-8H,3-6,20H2,(H,23,24). The van der Waals surface area contributed by atoms with Crippen LogP contribution in [0.4, 0.5) is 11.6 Å². The molecule has 12 heteroatoms. The van der Waals surface area contributed by atoms with Gasteiger partial charge >= 0.3 is 0 Å². The van der Waals surface area contributed by atoms with Gasteiger partial charge in [-0.05, 0) is 49.6 Å². The predicted molar refractivity (Wildman–Crippen MR) is 119 cm³/mol. The molecule has 1 saturated heterocycles. The van der Waals surface area contributed by atoms with Gasteiger partial charge in [-0.2, -0.15) is 14.7 Å². The number of aromatic amines is 1. The maximum Gasteiger partial charge on any atom is 0.167 e. The number of hydrogen-bond donors (Lipinski definition) is 2. The molecule has 4 heterocycles. The molecule has 1 aliphatic heterocycles. The number of sulfone groups is 1. The second kappa shape index (κ2) is 6.67. The third kappa shape index (κ3) is 3.09. The quantitative estimate of drug-likeness (QED) is 0.400. The Morgan fingerprint density at radius 3 is 2.69 bits per heavy atom. The topological polar surface area (TPSA) is 122 Å². The Labute approximate surface area is 182 Å². The van der Waals surface area contributed by atoms with Crippen molar-refractivity contribution in [1.29, 1.82) is 0 Å². The van der Waals surface area contributed by atoms with Gasteiger partial charge in [0.15, 0.2) is 15.5 Å². The van der Waals surface area contributed by atoms with E-state index >= 15 is 0 Å². The normalized spacial score (nSPS) is 16.7. The summed E-state index contributed by atoms with van der Waals surface area (Å²) in [6, 6.07) is 5.93. The number of aromatic nitrogens is 5. The molecular formula is C17H15Br2N7O2S. The highest BCUT2D eigenvalue weighted by Gasteiger charge is 2.26. The molecule has 29 heavy (non-hydrogen) atoms. The lowest BCUT2D eigenvalue weighted by molar-refractivity contribution is 0.586. The number of nitrogens with zero attached hydrogens (tertiary/aromatic N) is 5. The third-order valence-electron chi connectivity index (χ3n) is 5.08. The summed E-state index contributed by atoms with van der Waals surface area (Å²) in [5.41, 5.74) is 9.55. The highest BCUT2D eigenvalue weighted by molar-refractivity contribution is 9.11. The Morgan fingerprint density at radius 2 is 1.93 bits per heavy atom. The molecule has 0 unspecified atom stereocenters. The van der Waals surface area contributed by atoms with Crippen molar-refractivity contribution in [3.8, 4) is 11.1 Å². The third-order valence-corrected chi connectivity index (χ3v) is 8.05. The van der Waals surface area contributed by atoms with E-state index in [1.807, 2.05) is 23.1 Å². The monoisotopic (exact) mass is 539 g/mol. The first-order valence-electron chi connectivity index (χ1n) is 8.76. The summed E-state index contributed by atoms with van der Waals surface area (Å²) in [6.45, 7) is 0.752. The van der Waals surface area contributed by atoms with E-state index in [0.29, 0.717) is 34.8 Å². The number of rotatable bonds is 2. The number of nitrogens with one attached hydrogen (secondary N) is 1. The van der Waals surface area contributed by atoms with Crippen molar-refractivity contribution in [2.24, 2.45) is 0 Å². The zero-order valence-electron chi connectivity index (χ0n) is 14.9. The van der Waals surface area contributed by atoms with Crippen LogP contribution in [0.15, 0.2) is 33.5 Å². The minimum atomic E-state index is -3.00. The van der Waals surface area contributed by atoms with E-state index in [9.17, 15) is 8.42 Å². The molecule has 150 valence electrons. The highest BCUT2D eigenvalue weighted by Crippen LogP contribution is 2.35. The van der Waals surface area contributed by atoms with Gasteiger partial charge in [0.1, 0.15) is 20.7 Å². The summed E-state index contributed by atoms with van der Waals surface area (Å²) in [7, 11) is -3.00. The number of anilines is 2. The van der Waals surface area contributed by atoms with Crippen molar-refractivity contribution in [3.63, 3.8) is 0 Å². The lowest BCUT2D eigenvalue weighted by Gasteiger charge is -2.28. The van der Waals surface area contributed by atoms with Gasteiger partial charge in [0, 0.05) is 24.0 Å². The summed E-state index contributed by atoms with van der Waals surface area (Å²) < 4.78 is 26.5. The van der Waals surface area contributed by atoms with Crippen molar-refractivity contribution >= 4 is 69.9 Å². The van der Waals surface area contributed by atoms with E-state index < -0.39 is 9.84 Å². The number of benzene rings is 1. The molecule has 4 aromatic rings. The van der Waals surface area contributed by atoms with E-state index in [0.717, 1.165) is 26.6 Å². The average molecular weight is 541 g/mol. The van der Waals surface area contributed by atoms with E-state index in [1.165, 1.54) is 0 Å². The molecule has 3 N–H and O–H groups in total. The van der Waals surface area contributed by atoms with Gasteiger partial charge in [-0.25, -0.2) is 13.4 Å². The lowest BCUT2D eigenvalue weighted by Crippen LogP contribution is -2.41. The van der Waals surface area contributed by atoms with Gasteiger partial charge in [0.25, 0.3) is 0 Å². The molecule has 1 aliphatic rings. The zero-order valence-corrected chi connectivity index (χ0v) is 18.9. The van der Waals surface area contributed by atoms with Gasteiger partial charge in [-0.15, -0.1) is 0 Å². The Balaban J connectivity index is 1.64. The first-order valence-corrected chi connectivity index (χ1v) is 12.2. The van der Waals surface area contributed by atoms with Crippen LogP contribution in [0.3, 0.4) is 0 Å². The van der Waals surface area contributed by atoms with Gasteiger partial charge in [-0.1, -0.05) is 6.07 Å². The van der Waals surface area contributed by atoms with Crippen LogP contribution in [0.1, 0.15) is 0 Å². The Kier molecular flexibility index (Phi) is 4.33. The summed E-state index contributed by atoms with van der Waals surface area (Å²) in [6.07, 6.45) is 1.72. The molecule has 0 spiro atoms. The fourth-order valence-electron chi connectivity index (χ4n) is 3.47. The molecule has 0 saturated carbocycles. The first kappa shape index (κ1) is 18.8. The predicted octanol–water partition coefficient (Wildman–Crippen LogP) is 2.61. The van der Waals surface area contributed by atoms with Crippen molar-refractivity contribution in [2.45, 2.75) is 0 Å². The number of fused-ring (bicyclic) bond motifs is 2. The van der Waals surface area contributed by atoms with Crippen LogP contribution in [-0.4, -0.2) is 57.8 Å². The van der Waals surface area contributed by atoms with Crippen molar-refractivity contribution in [3.05, 3.63) is 33.5 Å². The molecule has 3 aromatic heterocycles. The molecule has 0 aliphatic carbocycles. The van der Waals surface area contributed by atoms with Crippen molar-refractivity contribution in [1.82, 2.24) is 24.8 Å². The Hall–Kier alpha value is -2.18. The molecule has 5 rings (SSSR count). The van der Waals surface area contributed by atoms with E-state index in [1.54, 1.807) is 10.7 Å². The fourth-order valence-corrected chi connectivity index (χ4v) is 5.62. The Bertz CT molecular complexity index is 1370. The number of nitrogens with two attached hydrogens (primary N) is 1. The number of nitrogen functional groups attached to an aromatic ring is 1. The lowest BCUT2D eigenvalue weighted by atomic mass is 10.1. The second-order valence-corrected chi connectivity index (χ2v) is 10.7. The molecule has 0 bridgehead atoms. The number of hydrogen-bond acceptors (Lipinski definition) is 7. The van der Waals surface area contributed by atoms with Crippen LogP contribution < -0.4 is 10.6 Å². The largest absolute Gasteiger partial charge is 0.383 e. The minimum Gasteiger partial charge on any atom is -0.383 e. The van der Waals surface area contributed by atoms with Gasteiger partial charge in [0.2, 0.25) is 0 Å². The average Bonchev–Trinajstić information content (AvgIpc) is 3.28. The maximum absolute atomic E-state index is 11.8. The number of halogens is 2. The summed E-state index contributed by atoms with van der Waals surface area (Å²) in [4.78, 5) is 6.74. The van der Waals surface area contributed by atoms with Gasteiger partial charge in [0.05, 0.1) is 23.2 Å². The smallest absolute Gasteiger partial charge is 0.167 e. The summed E-state index contributed by atoms with van der Waals surface area (Å²) in [5, 5.41) is 12.5. The summed E-state index contributed by atoms with van der Waals surface area (Å²) >= 11 is 6.93. The van der Waals surface area contributed by atoms with E-state index in [4.69, 9.17) is 10.7 Å². The van der Waals surface area contributed by atoms with Crippen LogP contribution >= 0.6 is 31.9 Å². The van der Waals surface area contributed by atoms with Crippen molar-refractivity contribution < 1.29 is 8.42 Å². The van der Waals surface area contributed by atoms with Crippen LogP contribution in [0.2, 0.25) is 0 Å². The number of H-pyrrole nitrogens is 1. The van der Waals surface area contributed by atoms with Crippen LogP contribution in [0.25, 0.3) is 27.7 Å². The Morgan fingerprint density at radius 1 is 1.17 bits per heavy atom. The van der Waals surface area contributed by atoms with E-state index in [-0.39, 0.29) is 11.5 Å². The molecule has 0 atom stereocenters. The minimum absolute atomic E-state index is 0.101. The van der Waals surface area contributed by atoms with Crippen LogP contribution in [0.5, 0.6) is 0 Å². The van der Waals surface area contributed by atoms with Crippen LogP contribution in [0, 0.1) is 0 Å². The van der Waals surface area contributed by atoms with Gasteiger partial charge in [-0.3, -0.25) is 5.10 Å². The van der Waals surface area contributed by atoms with E-state index in [2.05, 4.69) is 47.2 Å². The molecule has 0 amide bonds. The van der Waals surface area contributed by atoms with Crippen molar-refractivity contribution in [2.75, 3.05) is 35.2 Å². The molecule has 9 nitrogen and oxygen atoms in total. The zero-order chi connectivity index (χ0) is 20.3. The summed E-state index contributed by atoms with van der Waals surface area (Å²) in [5.74, 6) is 1.24. The second-order valence-electron chi connectivity index (χ2n) is 6.84. The molecular weight excluding hydrogens is 526 g/mol. The first-order chi connectivity index (χ1) is 13.8. The van der Waals surface area contributed by atoms with Gasteiger partial charge < -0.3 is 10.6 Å². The SMILES string of the molecule is Nc1c(Br)c(N2CCS(=O)(=O)CC2)nc2c(-c3ccc4c(Br)n[nH]c4c3)cnn12. The maximum atomic E-state index is 11.8. The molecule has 0 radical (unpaired) electrons. The molecule has 1 fully saturated rings. The molecule has 1 aromatic carbocycles. The fraction of sp³-hybridized carbons (Fsp3) is 0.235.